The second-order valence-corrected chi connectivity index (χ2v) is 4.69. The van der Waals surface area contributed by atoms with Crippen molar-refractivity contribution in [1.82, 2.24) is 14.9 Å². The quantitative estimate of drug-likeness (QED) is 0.782. The van der Waals surface area contributed by atoms with Crippen LogP contribution in [-0.4, -0.2) is 28.6 Å². The Morgan fingerprint density at radius 2 is 2.14 bits per heavy atom. The summed E-state index contributed by atoms with van der Waals surface area (Å²) >= 11 is 0. The highest BCUT2D eigenvalue weighted by molar-refractivity contribution is 5.78. The van der Waals surface area contributed by atoms with E-state index >= 15 is 0 Å². The zero-order valence-corrected chi connectivity index (χ0v) is 12.1. The molecule has 2 rings (SSSR count). The Balaban J connectivity index is 1.81. The molecule has 112 valence electrons. The van der Waals surface area contributed by atoms with Crippen LogP contribution < -0.4 is 15.8 Å². The van der Waals surface area contributed by atoms with E-state index in [2.05, 4.69) is 10.3 Å². The molecular formula is C15H20N4O2. The molecule has 0 aliphatic rings. The number of nitrogens with one attached hydrogen (secondary N) is 1. The number of amides is 1. The normalized spacial score (nSPS) is 10.4. The van der Waals surface area contributed by atoms with Gasteiger partial charge in [-0.1, -0.05) is 12.1 Å². The van der Waals surface area contributed by atoms with Crippen molar-refractivity contribution in [2.75, 3.05) is 13.2 Å². The van der Waals surface area contributed by atoms with E-state index in [9.17, 15) is 4.79 Å². The SMILES string of the molecule is Cn1ccnc1CNC(=O)Cc1ccc(OCCN)cc1. The standard InChI is InChI=1S/C15H20N4O2/c1-19-8-7-17-14(19)11-18-15(20)10-12-2-4-13(5-3-12)21-9-6-16/h2-5,7-8H,6,9-11,16H2,1H3,(H,18,20). The molecule has 6 heteroatoms. The van der Waals surface area contributed by atoms with Gasteiger partial charge in [-0.15, -0.1) is 0 Å². The second kappa shape index (κ2) is 7.44. The van der Waals surface area contributed by atoms with Crippen molar-refractivity contribution in [1.29, 1.82) is 0 Å². The van der Waals surface area contributed by atoms with E-state index in [1.165, 1.54) is 0 Å². The van der Waals surface area contributed by atoms with E-state index in [1.807, 2.05) is 42.1 Å². The van der Waals surface area contributed by atoms with Gasteiger partial charge >= 0.3 is 0 Å². The van der Waals surface area contributed by atoms with Gasteiger partial charge in [-0.05, 0) is 17.7 Å². The lowest BCUT2D eigenvalue weighted by molar-refractivity contribution is -0.120. The van der Waals surface area contributed by atoms with Gasteiger partial charge in [0, 0.05) is 26.0 Å². The van der Waals surface area contributed by atoms with Gasteiger partial charge in [0.15, 0.2) is 0 Å². The van der Waals surface area contributed by atoms with Gasteiger partial charge in [0.1, 0.15) is 18.2 Å². The van der Waals surface area contributed by atoms with Crippen molar-refractivity contribution >= 4 is 5.91 Å². The summed E-state index contributed by atoms with van der Waals surface area (Å²) in [5.74, 6) is 1.56. The van der Waals surface area contributed by atoms with Crippen molar-refractivity contribution < 1.29 is 9.53 Å². The molecule has 1 aromatic heterocycles. The third kappa shape index (κ3) is 4.61. The summed E-state index contributed by atoms with van der Waals surface area (Å²) < 4.78 is 7.27. The maximum atomic E-state index is 11.9. The second-order valence-electron chi connectivity index (χ2n) is 4.69. The van der Waals surface area contributed by atoms with Crippen molar-refractivity contribution in [2.45, 2.75) is 13.0 Å². The first-order valence-corrected chi connectivity index (χ1v) is 6.83. The summed E-state index contributed by atoms with van der Waals surface area (Å²) in [7, 11) is 1.90. The molecule has 1 amide bonds. The molecule has 6 nitrogen and oxygen atoms in total. The number of hydrogen-bond acceptors (Lipinski definition) is 4. The number of nitrogens with zero attached hydrogens (tertiary/aromatic N) is 2. The Kier molecular flexibility index (Phi) is 5.34. The lowest BCUT2D eigenvalue weighted by Crippen LogP contribution is -2.25. The van der Waals surface area contributed by atoms with Crippen LogP contribution in [0.15, 0.2) is 36.7 Å². The highest BCUT2D eigenvalue weighted by atomic mass is 16.5. The topological polar surface area (TPSA) is 82.2 Å². The number of hydrogen-bond donors (Lipinski definition) is 2. The van der Waals surface area contributed by atoms with Crippen LogP contribution in [0.3, 0.4) is 0 Å². The molecule has 1 aromatic carbocycles. The van der Waals surface area contributed by atoms with Crippen molar-refractivity contribution in [3.63, 3.8) is 0 Å². The molecule has 0 saturated heterocycles. The molecule has 1 heterocycles. The lowest BCUT2D eigenvalue weighted by Gasteiger charge is -2.07. The van der Waals surface area contributed by atoms with Gasteiger partial charge in [-0.2, -0.15) is 0 Å². The van der Waals surface area contributed by atoms with Crippen LogP contribution in [0, 0.1) is 0 Å². The minimum atomic E-state index is -0.0337. The molecule has 0 spiro atoms. The molecule has 0 aliphatic heterocycles. The number of aromatic nitrogens is 2. The molecule has 0 bridgehead atoms. The number of benzene rings is 1. The van der Waals surface area contributed by atoms with Gasteiger partial charge < -0.3 is 20.4 Å². The number of nitrogens with two attached hydrogens (primary N) is 1. The summed E-state index contributed by atoms with van der Waals surface area (Å²) in [4.78, 5) is 16.0. The number of imidazole rings is 1. The van der Waals surface area contributed by atoms with Crippen LogP contribution >= 0.6 is 0 Å². The molecule has 3 N–H and O–H groups in total. The Bertz CT molecular complexity index is 578. The zero-order valence-electron chi connectivity index (χ0n) is 12.1. The van der Waals surface area contributed by atoms with Crippen LogP contribution in [0.4, 0.5) is 0 Å². The van der Waals surface area contributed by atoms with Crippen molar-refractivity contribution in [3.05, 3.63) is 48.0 Å². The Labute approximate surface area is 123 Å². The molecule has 0 atom stereocenters. The van der Waals surface area contributed by atoms with Crippen molar-refractivity contribution in [2.24, 2.45) is 12.8 Å². The van der Waals surface area contributed by atoms with Gasteiger partial charge in [0.05, 0.1) is 13.0 Å². The molecule has 0 unspecified atom stereocenters. The first-order valence-electron chi connectivity index (χ1n) is 6.83. The van der Waals surface area contributed by atoms with E-state index in [-0.39, 0.29) is 5.91 Å². The maximum Gasteiger partial charge on any atom is 0.224 e. The molecule has 21 heavy (non-hydrogen) atoms. The molecular weight excluding hydrogens is 268 g/mol. The number of carbonyl (C=O) groups excluding carboxylic acids is 1. The Morgan fingerprint density at radius 3 is 2.76 bits per heavy atom. The average molecular weight is 288 g/mol. The summed E-state index contributed by atoms with van der Waals surface area (Å²) in [6.45, 7) is 1.40. The fourth-order valence-electron chi connectivity index (χ4n) is 1.87. The summed E-state index contributed by atoms with van der Waals surface area (Å²) in [6.07, 6.45) is 3.89. The smallest absolute Gasteiger partial charge is 0.224 e. The van der Waals surface area contributed by atoms with E-state index in [0.717, 1.165) is 17.1 Å². The third-order valence-electron chi connectivity index (χ3n) is 3.04. The van der Waals surface area contributed by atoms with Crippen LogP contribution in [-0.2, 0) is 24.8 Å². The largest absolute Gasteiger partial charge is 0.492 e. The highest BCUT2D eigenvalue weighted by Crippen LogP contribution is 2.12. The predicted octanol–water partition coefficient (Wildman–Crippen LogP) is 0.617. The van der Waals surface area contributed by atoms with E-state index in [1.54, 1.807) is 6.20 Å². The maximum absolute atomic E-state index is 11.9. The number of rotatable bonds is 7. The average Bonchev–Trinajstić information content (AvgIpc) is 2.90. The van der Waals surface area contributed by atoms with Crippen LogP contribution in [0.5, 0.6) is 5.75 Å². The van der Waals surface area contributed by atoms with E-state index in [4.69, 9.17) is 10.5 Å². The lowest BCUT2D eigenvalue weighted by atomic mass is 10.1. The first kappa shape index (κ1) is 15.1. The van der Waals surface area contributed by atoms with Gasteiger partial charge in [0.2, 0.25) is 5.91 Å². The summed E-state index contributed by atoms with van der Waals surface area (Å²) in [6, 6.07) is 7.45. The van der Waals surface area contributed by atoms with Crippen LogP contribution in [0.2, 0.25) is 0 Å². The number of aryl methyl sites for hydroxylation is 1. The molecule has 0 radical (unpaired) electrons. The number of ether oxygens (including phenoxy) is 1. The molecule has 0 aliphatic carbocycles. The molecule has 2 aromatic rings. The van der Waals surface area contributed by atoms with E-state index < -0.39 is 0 Å². The Morgan fingerprint density at radius 1 is 1.38 bits per heavy atom. The summed E-state index contributed by atoms with van der Waals surface area (Å²) in [5, 5.41) is 2.85. The number of carbonyl (C=O) groups is 1. The zero-order chi connectivity index (χ0) is 15.1. The van der Waals surface area contributed by atoms with Crippen molar-refractivity contribution in [3.8, 4) is 5.75 Å². The minimum Gasteiger partial charge on any atom is -0.492 e. The first-order chi connectivity index (χ1) is 10.2. The third-order valence-corrected chi connectivity index (χ3v) is 3.04. The van der Waals surface area contributed by atoms with Gasteiger partial charge in [-0.25, -0.2) is 4.98 Å². The van der Waals surface area contributed by atoms with Gasteiger partial charge in [0.25, 0.3) is 0 Å². The van der Waals surface area contributed by atoms with Crippen LogP contribution in [0.1, 0.15) is 11.4 Å². The summed E-state index contributed by atoms with van der Waals surface area (Å²) in [5.41, 5.74) is 6.31. The fourth-order valence-corrected chi connectivity index (χ4v) is 1.87. The fraction of sp³-hybridized carbons (Fsp3) is 0.333. The van der Waals surface area contributed by atoms with Gasteiger partial charge in [-0.3, -0.25) is 4.79 Å². The monoisotopic (exact) mass is 288 g/mol. The molecule has 0 fully saturated rings. The minimum absolute atomic E-state index is 0.0337. The van der Waals surface area contributed by atoms with Crippen LogP contribution in [0.25, 0.3) is 0 Å². The highest BCUT2D eigenvalue weighted by Gasteiger charge is 2.05. The Hall–Kier alpha value is -2.34. The van der Waals surface area contributed by atoms with E-state index in [0.29, 0.717) is 26.1 Å². The molecule has 0 saturated carbocycles. The predicted molar refractivity (Wildman–Crippen MR) is 79.8 cm³/mol.